The average molecular weight is 392 g/mol. The molecule has 6 nitrogen and oxygen atoms in total. The molecule has 0 saturated carbocycles. The minimum Gasteiger partial charge on any atom is -0.341 e. The molecule has 7 heteroatoms. The minimum atomic E-state index is -0.0256. The molecule has 0 aliphatic rings. The number of benzene rings is 1. The second-order valence-electron chi connectivity index (χ2n) is 6.54. The van der Waals surface area contributed by atoms with E-state index in [1.54, 1.807) is 22.8 Å². The van der Waals surface area contributed by atoms with Crippen LogP contribution < -0.4 is 0 Å². The van der Waals surface area contributed by atoms with Gasteiger partial charge in [0.2, 0.25) is 5.91 Å². The summed E-state index contributed by atoms with van der Waals surface area (Å²) >= 11 is 1.30. The summed E-state index contributed by atoms with van der Waals surface area (Å²) in [7, 11) is 1.77. The third kappa shape index (κ3) is 4.59. The van der Waals surface area contributed by atoms with E-state index in [9.17, 15) is 10.1 Å². The smallest absolute Gasteiger partial charge is 0.233 e. The van der Waals surface area contributed by atoms with Gasteiger partial charge in [-0.15, -0.1) is 0 Å². The number of amides is 1. The fraction of sp³-hybridized carbons (Fsp3) is 0.238. The Morgan fingerprint density at radius 1 is 1.29 bits per heavy atom. The number of aromatic nitrogens is 3. The van der Waals surface area contributed by atoms with Crippen LogP contribution in [0.3, 0.4) is 0 Å². The lowest BCUT2D eigenvalue weighted by molar-refractivity contribution is -0.127. The van der Waals surface area contributed by atoms with Gasteiger partial charge >= 0.3 is 0 Å². The Labute approximate surface area is 168 Å². The van der Waals surface area contributed by atoms with E-state index in [0.29, 0.717) is 17.1 Å². The molecule has 0 N–H and O–H groups in total. The van der Waals surface area contributed by atoms with E-state index in [2.05, 4.69) is 16.2 Å². The van der Waals surface area contributed by atoms with Crippen LogP contribution in [-0.2, 0) is 11.3 Å². The van der Waals surface area contributed by atoms with Gasteiger partial charge < -0.3 is 4.90 Å². The fourth-order valence-corrected chi connectivity index (χ4v) is 3.85. The van der Waals surface area contributed by atoms with Gasteiger partial charge in [-0.3, -0.25) is 4.79 Å². The van der Waals surface area contributed by atoms with Crippen LogP contribution in [0.5, 0.6) is 0 Å². The van der Waals surface area contributed by atoms with Crippen LogP contribution in [0.2, 0.25) is 0 Å². The van der Waals surface area contributed by atoms with Gasteiger partial charge in [0.05, 0.1) is 23.2 Å². The Hall–Kier alpha value is -3.11. The van der Waals surface area contributed by atoms with Crippen LogP contribution in [0.1, 0.15) is 22.4 Å². The molecule has 0 saturated heterocycles. The van der Waals surface area contributed by atoms with E-state index in [0.717, 1.165) is 22.5 Å². The largest absolute Gasteiger partial charge is 0.341 e. The van der Waals surface area contributed by atoms with Crippen LogP contribution in [-0.4, -0.2) is 38.4 Å². The standard InChI is InChI=1S/C21H21N5OS/c1-15-9-16(2)24-21(19(15)10-22)28-14-20(27)25(3)12-17-11-23-26(13-17)18-7-5-4-6-8-18/h4-9,11,13H,12,14H2,1-3H3. The number of rotatable bonds is 6. The molecule has 28 heavy (non-hydrogen) atoms. The van der Waals surface area contributed by atoms with Crippen molar-refractivity contribution in [2.45, 2.75) is 25.4 Å². The van der Waals surface area contributed by atoms with Gasteiger partial charge in [-0.25, -0.2) is 9.67 Å². The molecule has 0 fully saturated rings. The predicted molar refractivity (Wildman–Crippen MR) is 109 cm³/mol. The Kier molecular flexibility index (Phi) is 6.12. The van der Waals surface area contributed by atoms with Gasteiger partial charge in [0.15, 0.2) is 0 Å². The lowest BCUT2D eigenvalue weighted by atomic mass is 10.1. The van der Waals surface area contributed by atoms with Gasteiger partial charge in [0, 0.05) is 31.0 Å². The number of carbonyl (C=O) groups excluding carboxylic acids is 1. The molecule has 3 rings (SSSR count). The molecular formula is C21H21N5OS. The third-order valence-corrected chi connectivity index (χ3v) is 5.22. The molecule has 1 amide bonds. The van der Waals surface area contributed by atoms with E-state index in [1.807, 2.05) is 56.4 Å². The third-order valence-electron chi connectivity index (χ3n) is 4.26. The molecule has 142 valence electrons. The Morgan fingerprint density at radius 2 is 2.04 bits per heavy atom. The summed E-state index contributed by atoms with van der Waals surface area (Å²) in [6.45, 7) is 4.24. The van der Waals surface area contributed by atoms with Gasteiger partial charge in [-0.05, 0) is 37.6 Å². The second-order valence-corrected chi connectivity index (χ2v) is 7.50. The molecule has 0 bridgehead atoms. The number of aryl methyl sites for hydroxylation is 2. The van der Waals surface area contributed by atoms with Crippen LogP contribution in [0.4, 0.5) is 0 Å². The maximum Gasteiger partial charge on any atom is 0.233 e. The number of carbonyl (C=O) groups is 1. The Morgan fingerprint density at radius 3 is 2.75 bits per heavy atom. The maximum atomic E-state index is 12.5. The quantitative estimate of drug-likeness (QED) is 0.601. The van der Waals surface area contributed by atoms with Crippen molar-refractivity contribution in [2.75, 3.05) is 12.8 Å². The van der Waals surface area contributed by atoms with Gasteiger partial charge in [-0.2, -0.15) is 10.4 Å². The van der Waals surface area contributed by atoms with Crippen molar-refractivity contribution in [1.82, 2.24) is 19.7 Å². The molecule has 2 aromatic heterocycles. The molecule has 2 heterocycles. The zero-order chi connectivity index (χ0) is 20.1. The zero-order valence-electron chi connectivity index (χ0n) is 16.1. The van der Waals surface area contributed by atoms with E-state index in [4.69, 9.17) is 0 Å². The first-order valence-corrected chi connectivity index (χ1v) is 9.80. The summed E-state index contributed by atoms with van der Waals surface area (Å²) in [6, 6.07) is 13.9. The summed E-state index contributed by atoms with van der Waals surface area (Å²) in [4.78, 5) is 18.6. The molecule has 0 aliphatic carbocycles. The van der Waals surface area contributed by atoms with Crippen molar-refractivity contribution >= 4 is 17.7 Å². The first-order chi connectivity index (χ1) is 13.5. The van der Waals surface area contributed by atoms with Crippen molar-refractivity contribution in [3.05, 3.63) is 71.2 Å². The van der Waals surface area contributed by atoms with E-state index in [1.165, 1.54) is 11.8 Å². The summed E-state index contributed by atoms with van der Waals surface area (Å²) in [5, 5.41) is 14.3. The molecule has 0 aliphatic heterocycles. The Balaban J connectivity index is 1.62. The highest BCUT2D eigenvalue weighted by molar-refractivity contribution is 8.00. The monoisotopic (exact) mass is 391 g/mol. The zero-order valence-corrected chi connectivity index (χ0v) is 16.9. The molecule has 1 aromatic carbocycles. The fourth-order valence-electron chi connectivity index (χ4n) is 2.81. The molecular weight excluding hydrogens is 370 g/mol. The van der Waals surface area contributed by atoms with Gasteiger partial charge in [-0.1, -0.05) is 30.0 Å². The molecule has 0 radical (unpaired) electrons. The normalized spacial score (nSPS) is 10.5. The number of hydrogen-bond acceptors (Lipinski definition) is 5. The van der Waals surface area contributed by atoms with Crippen molar-refractivity contribution in [2.24, 2.45) is 0 Å². The molecule has 0 atom stereocenters. The SMILES string of the molecule is Cc1cc(C)c(C#N)c(SCC(=O)N(C)Cc2cnn(-c3ccccc3)c2)n1. The summed E-state index contributed by atoms with van der Waals surface area (Å²) < 4.78 is 1.79. The predicted octanol–water partition coefficient (Wildman–Crippen LogP) is 3.51. The lowest BCUT2D eigenvalue weighted by Gasteiger charge is -2.16. The van der Waals surface area contributed by atoms with Crippen LogP contribution in [0, 0.1) is 25.2 Å². The van der Waals surface area contributed by atoms with Gasteiger partial charge in [0.25, 0.3) is 0 Å². The van der Waals surface area contributed by atoms with E-state index < -0.39 is 0 Å². The van der Waals surface area contributed by atoms with Crippen LogP contribution in [0.25, 0.3) is 5.69 Å². The van der Waals surface area contributed by atoms with Crippen molar-refractivity contribution in [1.29, 1.82) is 5.26 Å². The number of para-hydroxylation sites is 1. The lowest BCUT2D eigenvalue weighted by Crippen LogP contribution is -2.27. The van der Waals surface area contributed by atoms with Crippen molar-refractivity contribution < 1.29 is 4.79 Å². The second kappa shape index (κ2) is 8.72. The highest BCUT2D eigenvalue weighted by Gasteiger charge is 2.15. The number of hydrogen-bond donors (Lipinski definition) is 0. The van der Waals surface area contributed by atoms with Crippen LogP contribution >= 0.6 is 11.8 Å². The highest BCUT2D eigenvalue weighted by atomic mass is 32.2. The number of pyridine rings is 1. The highest BCUT2D eigenvalue weighted by Crippen LogP contribution is 2.24. The van der Waals surface area contributed by atoms with E-state index >= 15 is 0 Å². The molecule has 0 spiro atoms. The van der Waals surface area contributed by atoms with Crippen LogP contribution in [0.15, 0.2) is 53.8 Å². The number of nitriles is 1. The number of thioether (sulfide) groups is 1. The molecule has 3 aromatic rings. The summed E-state index contributed by atoms with van der Waals surface area (Å²) in [5.41, 5.74) is 4.19. The van der Waals surface area contributed by atoms with Crippen molar-refractivity contribution in [3.63, 3.8) is 0 Å². The van der Waals surface area contributed by atoms with E-state index in [-0.39, 0.29) is 11.7 Å². The summed E-state index contributed by atoms with van der Waals surface area (Å²) in [5.74, 6) is 0.204. The van der Waals surface area contributed by atoms with Crippen molar-refractivity contribution in [3.8, 4) is 11.8 Å². The maximum absolute atomic E-state index is 12.5. The average Bonchev–Trinajstić information content (AvgIpc) is 3.15. The Bertz CT molecular complexity index is 1020. The first kappa shape index (κ1) is 19.6. The number of nitrogens with zero attached hydrogens (tertiary/aromatic N) is 5. The molecule has 0 unspecified atom stereocenters. The topological polar surface area (TPSA) is 74.8 Å². The first-order valence-electron chi connectivity index (χ1n) is 8.82. The minimum absolute atomic E-state index is 0.0256. The van der Waals surface area contributed by atoms with Gasteiger partial charge in [0.1, 0.15) is 11.1 Å². The summed E-state index contributed by atoms with van der Waals surface area (Å²) in [6.07, 6.45) is 3.69.